The van der Waals surface area contributed by atoms with Gasteiger partial charge in [0.2, 0.25) is 6.79 Å². The lowest BCUT2D eigenvalue weighted by molar-refractivity contribution is 0.0591. The van der Waals surface area contributed by atoms with Gasteiger partial charge in [-0.2, -0.15) is 0 Å². The summed E-state index contributed by atoms with van der Waals surface area (Å²) in [7, 11) is 0. The lowest BCUT2D eigenvalue weighted by Crippen LogP contribution is -2.44. The minimum Gasteiger partial charge on any atom is -0.454 e. The molecule has 0 amide bonds. The highest BCUT2D eigenvalue weighted by Crippen LogP contribution is 2.33. The summed E-state index contributed by atoms with van der Waals surface area (Å²) in [4.78, 5) is 0. The molecule has 0 radical (unpaired) electrons. The van der Waals surface area contributed by atoms with Gasteiger partial charge >= 0.3 is 0 Å². The first kappa shape index (κ1) is 12.1. The van der Waals surface area contributed by atoms with Crippen LogP contribution in [0, 0.1) is 0 Å². The van der Waals surface area contributed by atoms with Crippen molar-refractivity contribution in [2.75, 3.05) is 6.79 Å². The Morgan fingerprint density at radius 2 is 2.06 bits per heavy atom. The fraction of sp³-hybridized carbons (Fsp3) is 0.500. The molecule has 3 nitrogen and oxygen atoms in total. The Kier molecular flexibility index (Phi) is 3.19. The zero-order valence-electron chi connectivity index (χ0n) is 9.58. The number of benzene rings is 1. The van der Waals surface area contributed by atoms with Crippen LogP contribution in [0.5, 0.6) is 11.5 Å². The molecule has 1 aromatic carbocycles. The standard InChI is InChI=1S/C12H15F2NO2/c1-12(15,11(13)14)5-4-8-2-3-9-10(6-8)17-7-16-9/h2-3,6,11H,4-5,7,15H2,1H3. The average Bonchev–Trinajstić information content (AvgIpc) is 2.73. The molecule has 0 aliphatic carbocycles. The van der Waals surface area contributed by atoms with Crippen LogP contribution in [0.15, 0.2) is 18.2 Å². The van der Waals surface area contributed by atoms with Crippen molar-refractivity contribution in [3.8, 4) is 11.5 Å². The van der Waals surface area contributed by atoms with Crippen molar-refractivity contribution >= 4 is 0 Å². The summed E-state index contributed by atoms with van der Waals surface area (Å²) in [6.45, 7) is 1.58. The SMILES string of the molecule is CC(N)(CCc1ccc2c(c1)OCO2)C(F)F. The fourth-order valence-electron chi connectivity index (χ4n) is 1.62. The van der Waals surface area contributed by atoms with Crippen molar-refractivity contribution in [2.24, 2.45) is 5.73 Å². The molecule has 0 aromatic heterocycles. The normalized spacial score (nSPS) is 17.2. The van der Waals surface area contributed by atoms with Crippen molar-refractivity contribution in [1.82, 2.24) is 0 Å². The number of fused-ring (bicyclic) bond motifs is 1. The molecule has 1 heterocycles. The molecule has 1 unspecified atom stereocenters. The summed E-state index contributed by atoms with van der Waals surface area (Å²) in [5, 5.41) is 0. The third-order valence-corrected chi connectivity index (χ3v) is 2.89. The minimum atomic E-state index is -2.52. The van der Waals surface area contributed by atoms with Crippen LogP contribution in [0.1, 0.15) is 18.9 Å². The van der Waals surface area contributed by atoms with Crippen LogP contribution in [-0.2, 0) is 6.42 Å². The molecular weight excluding hydrogens is 228 g/mol. The molecule has 5 heteroatoms. The monoisotopic (exact) mass is 243 g/mol. The summed E-state index contributed by atoms with van der Waals surface area (Å²) in [6.07, 6.45) is -1.80. The van der Waals surface area contributed by atoms with E-state index < -0.39 is 12.0 Å². The summed E-state index contributed by atoms with van der Waals surface area (Å²) in [5.74, 6) is 1.36. The molecule has 0 saturated carbocycles. The Bertz CT molecular complexity index is 407. The Labute approximate surface area is 98.5 Å². The van der Waals surface area contributed by atoms with E-state index in [2.05, 4.69) is 0 Å². The molecular formula is C12H15F2NO2. The number of ether oxygens (including phenoxy) is 2. The van der Waals surface area contributed by atoms with Gasteiger partial charge in [0, 0.05) is 0 Å². The number of alkyl halides is 2. The quantitative estimate of drug-likeness (QED) is 0.882. The molecule has 0 bridgehead atoms. The number of rotatable bonds is 4. The van der Waals surface area contributed by atoms with Gasteiger partial charge in [0.15, 0.2) is 11.5 Å². The first-order chi connectivity index (χ1) is 7.99. The Morgan fingerprint density at radius 1 is 1.35 bits per heavy atom. The molecule has 94 valence electrons. The molecule has 1 aromatic rings. The van der Waals surface area contributed by atoms with E-state index in [4.69, 9.17) is 15.2 Å². The second-order valence-corrected chi connectivity index (χ2v) is 4.49. The van der Waals surface area contributed by atoms with Gasteiger partial charge in [-0.3, -0.25) is 0 Å². The number of hydrogen-bond acceptors (Lipinski definition) is 3. The third-order valence-electron chi connectivity index (χ3n) is 2.89. The van der Waals surface area contributed by atoms with E-state index >= 15 is 0 Å². The highest BCUT2D eigenvalue weighted by molar-refractivity contribution is 5.44. The molecule has 0 saturated heterocycles. The van der Waals surface area contributed by atoms with E-state index in [0.717, 1.165) is 5.56 Å². The van der Waals surface area contributed by atoms with Gasteiger partial charge < -0.3 is 15.2 Å². The molecule has 0 spiro atoms. The molecule has 17 heavy (non-hydrogen) atoms. The van der Waals surface area contributed by atoms with Crippen LogP contribution in [0.2, 0.25) is 0 Å². The lowest BCUT2D eigenvalue weighted by atomic mass is 9.95. The van der Waals surface area contributed by atoms with Crippen molar-refractivity contribution in [3.63, 3.8) is 0 Å². The van der Waals surface area contributed by atoms with E-state index in [0.29, 0.717) is 17.9 Å². The van der Waals surface area contributed by atoms with Gasteiger partial charge in [-0.15, -0.1) is 0 Å². The van der Waals surface area contributed by atoms with Gasteiger partial charge in [-0.05, 0) is 37.5 Å². The van der Waals surface area contributed by atoms with E-state index in [1.807, 2.05) is 12.1 Å². The molecule has 0 fully saturated rings. The first-order valence-corrected chi connectivity index (χ1v) is 5.44. The van der Waals surface area contributed by atoms with Crippen LogP contribution in [-0.4, -0.2) is 18.8 Å². The zero-order chi connectivity index (χ0) is 12.5. The third kappa shape index (κ3) is 2.66. The van der Waals surface area contributed by atoms with Crippen molar-refractivity contribution in [3.05, 3.63) is 23.8 Å². The second kappa shape index (κ2) is 4.49. The average molecular weight is 243 g/mol. The van der Waals surface area contributed by atoms with E-state index in [1.165, 1.54) is 6.92 Å². The van der Waals surface area contributed by atoms with Crippen LogP contribution >= 0.6 is 0 Å². The lowest BCUT2D eigenvalue weighted by Gasteiger charge is -2.23. The van der Waals surface area contributed by atoms with Gasteiger partial charge in [-0.1, -0.05) is 6.07 Å². The van der Waals surface area contributed by atoms with Crippen LogP contribution in [0.25, 0.3) is 0 Å². The molecule has 2 N–H and O–H groups in total. The predicted octanol–water partition coefficient (Wildman–Crippen LogP) is 2.33. The smallest absolute Gasteiger partial charge is 0.256 e. The maximum Gasteiger partial charge on any atom is 0.256 e. The second-order valence-electron chi connectivity index (χ2n) is 4.49. The fourth-order valence-corrected chi connectivity index (χ4v) is 1.62. The molecule has 1 aliphatic heterocycles. The highest BCUT2D eigenvalue weighted by atomic mass is 19.3. The van der Waals surface area contributed by atoms with Crippen molar-refractivity contribution < 1.29 is 18.3 Å². The molecule has 1 atom stereocenters. The maximum atomic E-state index is 12.6. The van der Waals surface area contributed by atoms with Gasteiger partial charge in [0.1, 0.15) is 0 Å². The van der Waals surface area contributed by atoms with Crippen LogP contribution < -0.4 is 15.2 Å². The van der Waals surface area contributed by atoms with E-state index in [-0.39, 0.29) is 13.2 Å². The number of nitrogens with two attached hydrogens (primary N) is 1. The Hall–Kier alpha value is -1.36. The molecule has 1 aliphatic rings. The summed E-state index contributed by atoms with van der Waals surface area (Å²) in [5.41, 5.74) is 4.99. The van der Waals surface area contributed by atoms with Crippen LogP contribution in [0.3, 0.4) is 0 Å². The van der Waals surface area contributed by atoms with Gasteiger partial charge in [0.05, 0.1) is 5.54 Å². The van der Waals surface area contributed by atoms with E-state index in [1.54, 1.807) is 6.07 Å². The van der Waals surface area contributed by atoms with E-state index in [9.17, 15) is 8.78 Å². The predicted molar refractivity (Wildman–Crippen MR) is 59.5 cm³/mol. The van der Waals surface area contributed by atoms with Crippen LogP contribution in [0.4, 0.5) is 8.78 Å². The van der Waals surface area contributed by atoms with Crippen molar-refractivity contribution in [1.29, 1.82) is 0 Å². The number of hydrogen-bond donors (Lipinski definition) is 1. The zero-order valence-corrected chi connectivity index (χ0v) is 9.58. The first-order valence-electron chi connectivity index (χ1n) is 5.44. The number of aryl methyl sites for hydroxylation is 1. The molecule has 2 rings (SSSR count). The summed E-state index contributed by atoms with van der Waals surface area (Å²) in [6, 6.07) is 5.44. The van der Waals surface area contributed by atoms with Gasteiger partial charge in [-0.25, -0.2) is 8.78 Å². The van der Waals surface area contributed by atoms with Gasteiger partial charge in [0.25, 0.3) is 6.43 Å². The van der Waals surface area contributed by atoms with Crippen molar-refractivity contribution in [2.45, 2.75) is 31.7 Å². The highest BCUT2D eigenvalue weighted by Gasteiger charge is 2.29. The summed E-state index contributed by atoms with van der Waals surface area (Å²) >= 11 is 0. The topological polar surface area (TPSA) is 44.5 Å². The Balaban J connectivity index is 2.00. The number of halogens is 2. The Morgan fingerprint density at radius 3 is 2.76 bits per heavy atom. The minimum absolute atomic E-state index is 0.213. The summed E-state index contributed by atoms with van der Waals surface area (Å²) < 4.78 is 35.5. The largest absolute Gasteiger partial charge is 0.454 e. The maximum absolute atomic E-state index is 12.6.